The highest BCUT2D eigenvalue weighted by Gasteiger charge is 2.07. The van der Waals surface area contributed by atoms with E-state index in [0.717, 1.165) is 11.5 Å². The molecule has 86 valence electrons. The largest absolute Gasteiger partial charge is 1.00 e. The maximum absolute atomic E-state index is 5.09. The number of hydrogen-bond donors (Lipinski definition) is 1. The molecule has 0 bridgehead atoms. The van der Waals surface area contributed by atoms with Crippen LogP contribution in [0.1, 0.15) is 5.82 Å². The lowest BCUT2D eigenvalue weighted by Crippen LogP contribution is -3.00. The lowest BCUT2D eigenvalue weighted by molar-refractivity contribution is -0.388. The summed E-state index contributed by atoms with van der Waals surface area (Å²) in [6.07, 6.45) is 4.85. The quantitative estimate of drug-likeness (QED) is 0.603. The van der Waals surface area contributed by atoms with Gasteiger partial charge in [0, 0.05) is 6.07 Å². The van der Waals surface area contributed by atoms with Gasteiger partial charge in [-0.1, -0.05) is 0 Å². The molecule has 0 aliphatic rings. The van der Waals surface area contributed by atoms with Crippen molar-refractivity contribution in [2.75, 3.05) is 7.11 Å². The number of rotatable bonds is 3. The molecule has 0 aromatic carbocycles. The highest BCUT2D eigenvalue weighted by molar-refractivity contribution is 5.35. The molecule has 2 rings (SSSR count). The summed E-state index contributed by atoms with van der Waals surface area (Å²) in [7, 11) is 1.60. The zero-order valence-electron chi connectivity index (χ0n) is 8.80. The van der Waals surface area contributed by atoms with E-state index in [0.29, 0.717) is 12.3 Å². The first kappa shape index (κ1) is 12.4. The smallest absolute Gasteiger partial charge is 0.186 e. The molecular weight excluding hydrogens is 230 g/mol. The molecule has 0 atom stereocenters. The van der Waals surface area contributed by atoms with Gasteiger partial charge in [0.2, 0.25) is 0 Å². The zero-order chi connectivity index (χ0) is 10.7. The monoisotopic (exact) mass is 241 g/mol. The van der Waals surface area contributed by atoms with Gasteiger partial charge in [-0.25, -0.2) is 9.67 Å². The predicted molar refractivity (Wildman–Crippen MR) is 52.3 cm³/mol. The third kappa shape index (κ3) is 2.29. The summed E-state index contributed by atoms with van der Waals surface area (Å²) in [5.74, 6) is 1.49. The molecule has 0 unspecified atom stereocenters. The van der Waals surface area contributed by atoms with Crippen molar-refractivity contribution in [3.8, 4) is 11.4 Å². The molecule has 6 nitrogen and oxygen atoms in total. The molecule has 2 heterocycles. The van der Waals surface area contributed by atoms with E-state index in [9.17, 15) is 0 Å². The van der Waals surface area contributed by atoms with Gasteiger partial charge in [0.1, 0.15) is 18.6 Å². The van der Waals surface area contributed by atoms with Gasteiger partial charge < -0.3 is 22.9 Å². The first-order valence-corrected chi connectivity index (χ1v) is 4.52. The Morgan fingerprint density at radius 2 is 2.25 bits per heavy atom. The number of halogens is 1. The minimum absolute atomic E-state index is 0. The van der Waals surface area contributed by atoms with Gasteiger partial charge in [0.15, 0.2) is 5.82 Å². The summed E-state index contributed by atoms with van der Waals surface area (Å²) in [6.45, 7) is 0.581. The lowest BCUT2D eigenvalue weighted by atomic mass is 10.4. The Labute approximate surface area is 98.9 Å². The van der Waals surface area contributed by atoms with Crippen molar-refractivity contribution in [2.45, 2.75) is 6.54 Å². The van der Waals surface area contributed by atoms with Gasteiger partial charge in [0.25, 0.3) is 0 Å². The standard InChI is InChI=1S/C9H11N5O.ClH/c1-15-8-2-7(4-11-5-8)14-9(3-10)12-6-13-14;/h2,4-6H,3,10H2,1H3;1H. The number of ether oxygens (including phenoxy) is 1. The summed E-state index contributed by atoms with van der Waals surface area (Å²) >= 11 is 0. The average molecular weight is 242 g/mol. The van der Waals surface area contributed by atoms with Crippen LogP contribution in [-0.4, -0.2) is 26.9 Å². The van der Waals surface area contributed by atoms with E-state index in [1.165, 1.54) is 6.33 Å². The lowest BCUT2D eigenvalue weighted by Gasteiger charge is -2.04. The van der Waals surface area contributed by atoms with Crippen LogP contribution in [0.2, 0.25) is 0 Å². The van der Waals surface area contributed by atoms with Crippen LogP contribution >= 0.6 is 0 Å². The minimum atomic E-state index is 0. The third-order valence-electron chi connectivity index (χ3n) is 2.02. The van der Waals surface area contributed by atoms with Crippen LogP contribution in [0.15, 0.2) is 24.8 Å². The molecule has 3 N–H and O–H groups in total. The second kappa shape index (κ2) is 5.43. The molecule has 2 aromatic heterocycles. The second-order valence-electron chi connectivity index (χ2n) is 2.92. The maximum Gasteiger partial charge on any atom is 0.186 e. The van der Waals surface area contributed by atoms with Gasteiger partial charge in [-0.15, -0.1) is 0 Å². The number of nitrogens with zero attached hydrogens (tertiary/aromatic N) is 4. The fourth-order valence-corrected chi connectivity index (χ4v) is 1.29. The Bertz CT molecular complexity index is 459. The number of aromatic nitrogens is 4. The Balaban J connectivity index is 0.00000128. The van der Waals surface area contributed by atoms with Crippen LogP contribution < -0.4 is 22.9 Å². The van der Waals surface area contributed by atoms with E-state index in [4.69, 9.17) is 4.74 Å². The van der Waals surface area contributed by atoms with E-state index in [2.05, 4.69) is 20.8 Å². The summed E-state index contributed by atoms with van der Waals surface area (Å²) in [4.78, 5) is 8.14. The van der Waals surface area contributed by atoms with Crippen LogP contribution in [0.25, 0.3) is 5.69 Å². The van der Waals surface area contributed by atoms with Crippen LogP contribution in [0.4, 0.5) is 0 Å². The highest BCUT2D eigenvalue weighted by Crippen LogP contribution is 2.14. The molecule has 0 aliphatic carbocycles. The SMILES string of the molecule is COc1cncc(-n2ncnc2C[NH3+])c1.[Cl-]. The summed E-state index contributed by atoms with van der Waals surface area (Å²) in [6, 6.07) is 1.85. The molecule has 0 aliphatic heterocycles. The maximum atomic E-state index is 5.09. The van der Waals surface area contributed by atoms with E-state index in [-0.39, 0.29) is 12.4 Å². The second-order valence-corrected chi connectivity index (χ2v) is 2.92. The molecule has 0 radical (unpaired) electrons. The molecule has 16 heavy (non-hydrogen) atoms. The van der Waals surface area contributed by atoms with Crippen LogP contribution in [0, 0.1) is 0 Å². The van der Waals surface area contributed by atoms with Crippen molar-refractivity contribution in [1.29, 1.82) is 0 Å². The van der Waals surface area contributed by atoms with Crippen molar-refractivity contribution in [3.05, 3.63) is 30.6 Å². The predicted octanol–water partition coefficient (Wildman–Crippen LogP) is -3.58. The Kier molecular flexibility index (Phi) is 4.21. The Hall–Kier alpha value is -1.66. The van der Waals surface area contributed by atoms with Crippen molar-refractivity contribution in [2.24, 2.45) is 0 Å². The minimum Gasteiger partial charge on any atom is -1.00 e. The number of quaternary nitrogens is 1. The summed E-state index contributed by atoms with van der Waals surface area (Å²) in [5.41, 5.74) is 4.61. The molecule has 0 spiro atoms. The number of methoxy groups -OCH3 is 1. The van der Waals surface area contributed by atoms with E-state index in [1.54, 1.807) is 24.2 Å². The zero-order valence-corrected chi connectivity index (χ0v) is 9.55. The van der Waals surface area contributed by atoms with E-state index >= 15 is 0 Å². The molecule has 2 aromatic rings. The first-order valence-electron chi connectivity index (χ1n) is 4.52. The van der Waals surface area contributed by atoms with Crippen LogP contribution in [0.3, 0.4) is 0 Å². The Morgan fingerprint density at radius 1 is 1.44 bits per heavy atom. The van der Waals surface area contributed by atoms with Gasteiger partial charge in [-0.2, -0.15) is 5.10 Å². The van der Waals surface area contributed by atoms with Crippen LogP contribution in [-0.2, 0) is 6.54 Å². The van der Waals surface area contributed by atoms with Crippen molar-refractivity contribution in [3.63, 3.8) is 0 Å². The van der Waals surface area contributed by atoms with Gasteiger partial charge >= 0.3 is 0 Å². The van der Waals surface area contributed by atoms with Crippen LogP contribution in [0.5, 0.6) is 5.75 Å². The fourth-order valence-electron chi connectivity index (χ4n) is 1.29. The molecule has 0 saturated heterocycles. The van der Waals surface area contributed by atoms with Gasteiger partial charge in [0.05, 0.1) is 25.2 Å². The number of hydrogen-bond acceptors (Lipinski definition) is 4. The molecule has 0 amide bonds. The normalized spacial score (nSPS) is 9.62. The molecule has 0 saturated carbocycles. The van der Waals surface area contributed by atoms with Crippen molar-refractivity contribution >= 4 is 0 Å². The molecule has 7 heteroatoms. The van der Waals surface area contributed by atoms with Gasteiger partial charge in [-0.3, -0.25) is 4.98 Å². The van der Waals surface area contributed by atoms with Crippen molar-refractivity contribution < 1.29 is 22.9 Å². The average Bonchev–Trinajstić information content (AvgIpc) is 2.77. The number of pyridine rings is 1. The summed E-state index contributed by atoms with van der Waals surface area (Å²) in [5, 5.41) is 4.10. The summed E-state index contributed by atoms with van der Waals surface area (Å²) < 4.78 is 6.78. The van der Waals surface area contributed by atoms with Crippen molar-refractivity contribution in [1.82, 2.24) is 19.7 Å². The first-order chi connectivity index (χ1) is 7.35. The Morgan fingerprint density at radius 3 is 2.94 bits per heavy atom. The van der Waals surface area contributed by atoms with E-state index in [1.807, 2.05) is 6.07 Å². The topological polar surface area (TPSA) is 80.5 Å². The van der Waals surface area contributed by atoms with Gasteiger partial charge in [-0.05, 0) is 0 Å². The molecule has 0 fully saturated rings. The van der Waals surface area contributed by atoms with E-state index < -0.39 is 0 Å². The molecular formula is C9H12ClN5O. The third-order valence-corrected chi connectivity index (χ3v) is 2.02. The fraction of sp³-hybridized carbons (Fsp3) is 0.222. The highest BCUT2D eigenvalue weighted by atomic mass is 35.5.